The Morgan fingerprint density at radius 1 is 0.825 bits per heavy atom. The maximum Gasteiger partial charge on any atom is 0.317 e. The number of carbonyl (C=O) groups excluding carboxylic acids is 4. The number of carboxylic acids is 3. The van der Waals surface area contributed by atoms with Crippen LogP contribution in [0, 0.1) is 17.8 Å². The molecule has 0 aromatic heterocycles. The molecule has 57 heavy (non-hydrogen) atoms. The summed E-state index contributed by atoms with van der Waals surface area (Å²) in [5.41, 5.74) is 1.87. The van der Waals surface area contributed by atoms with Crippen molar-refractivity contribution in [3.63, 3.8) is 0 Å². The first-order chi connectivity index (χ1) is 27.1. The Bertz CT molecular complexity index is 1600. The number of benzene rings is 1. The summed E-state index contributed by atoms with van der Waals surface area (Å²) in [6, 6.07) is 7.47. The number of imide groups is 1. The molecule has 0 bridgehead atoms. The molecule has 0 spiro atoms. The van der Waals surface area contributed by atoms with Crippen LogP contribution in [0.3, 0.4) is 0 Å². The monoisotopic (exact) mass is 830 g/mol. The van der Waals surface area contributed by atoms with Crippen LogP contribution < -0.4 is 0 Å². The number of hydrogen-bond donors (Lipinski definition) is 3. The van der Waals surface area contributed by atoms with Crippen LogP contribution in [0.1, 0.15) is 63.5 Å². The van der Waals surface area contributed by atoms with Gasteiger partial charge in [-0.15, -0.1) is 0 Å². The summed E-state index contributed by atoms with van der Waals surface area (Å²) in [5, 5.41) is 28.7. The van der Waals surface area contributed by atoms with E-state index in [1.165, 1.54) is 12.2 Å². The number of thioether (sulfide) groups is 1. The van der Waals surface area contributed by atoms with Crippen molar-refractivity contribution in [3.05, 3.63) is 47.5 Å². The highest BCUT2D eigenvalue weighted by Crippen LogP contribution is 2.27. The van der Waals surface area contributed by atoms with Gasteiger partial charge in [0.1, 0.15) is 11.6 Å². The lowest BCUT2D eigenvalue weighted by molar-refractivity contribution is -0.140. The average molecular weight is 831 g/mol. The highest BCUT2D eigenvalue weighted by atomic mass is 32.2. The molecule has 4 atom stereocenters. The predicted octanol–water partition coefficient (Wildman–Crippen LogP) is 3.34. The minimum absolute atomic E-state index is 0.0124. The van der Waals surface area contributed by atoms with Crippen LogP contribution >= 0.6 is 24.0 Å². The number of ketones is 2. The number of thiocarbonyl (C=S) groups is 1. The summed E-state index contributed by atoms with van der Waals surface area (Å²) in [7, 11) is 0. The Hall–Kier alpha value is -3.83. The second-order valence-electron chi connectivity index (χ2n) is 15.1. The van der Waals surface area contributed by atoms with E-state index in [1.54, 1.807) is 26.5 Å². The van der Waals surface area contributed by atoms with Crippen molar-refractivity contribution in [2.75, 3.05) is 70.9 Å². The van der Waals surface area contributed by atoms with Crippen molar-refractivity contribution in [1.29, 1.82) is 0 Å². The fourth-order valence-electron chi connectivity index (χ4n) is 7.44. The van der Waals surface area contributed by atoms with Gasteiger partial charge in [0.05, 0.1) is 19.6 Å². The molecular formula is C41H58N4O10S2. The lowest BCUT2D eigenvalue weighted by atomic mass is 9.79. The van der Waals surface area contributed by atoms with Crippen LogP contribution in [0.5, 0.6) is 0 Å². The highest BCUT2D eigenvalue weighted by Gasteiger charge is 2.31. The largest absolute Gasteiger partial charge is 0.480 e. The predicted molar refractivity (Wildman–Crippen MR) is 221 cm³/mol. The lowest BCUT2D eigenvalue weighted by Crippen LogP contribution is -2.49. The maximum absolute atomic E-state index is 13.9. The fourth-order valence-corrected chi connectivity index (χ4v) is 8.33. The minimum Gasteiger partial charge on any atom is -0.480 e. The fraction of sp³-hybridized carbons (Fsp3) is 0.610. The molecule has 16 heteroatoms. The van der Waals surface area contributed by atoms with Gasteiger partial charge in [0.25, 0.3) is 11.8 Å². The van der Waals surface area contributed by atoms with E-state index < -0.39 is 23.8 Å². The molecule has 2 amide bonds. The van der Waals surface area contributed by atoms with Crippen molar-refractivity contribution in [2.45, 2.75) is 71.3 Å². The van der Waals surface area contributed by atoms with Crippen LogP contribution in [0.15, 0.2) is 36.4 Å². The first-order valence-electron chi connectivity index (χ1n) is 19.6. The molecule has 1 saturated heterocycles. The summed E-state index contributed by atoms with van der Waals surface area (Å²) >= 11 is 7.49. The van der Waals surface area contributed by atoms with E-state index in [1.807, 2.05) is 44.4 Å². The van der Waals surface area contributed by atoms with Crippen LogP contribution in [-0.4, -0.2) is 158 Å². The molecule has 0 radical (unpaired) electrons. The molecule has 2 aliphatic rings. The van der Waals surface area contributed by atoms with Crippen LogP contribution in [0.2, 0.25) is 0 Å². The molecule has 0 aliphatic carbocycles. The van der Waals surface area contributed by atoms with Gasteiger partial charge in [-0.3, -0.25) is 53.2 Å². The van der Waals surface area contributed by atoms with E-state index in [2.05, 4.69) is 0 Å². The van der Waals surface area contributed by atoms with Gasteiger partial charge in [0.15, 0.2) is 0 Å². The van der Waals surface area contributed by atoms with Crippen LogP contribution in [-0.2, 0) is 46.4 Å². The van der Waals surface area contributed by atoms with Gasteiger partial charge >= 0.3 is 17.9 Å². The van der Waals surface area contributed by atoms with Crippen molar-refractivity contribution >= 4 is 70.1 Å². The summed E-state index contributed by atoms with van der Waals surface area (Å²) in [5.74, 6) is -3.89. The number of rotatable bonds is 25. The van der Waals surface area contributed by atoms with Crippen molar-refractivity contribution in [1.82, 2.24) is 19.6 Å². The molecule has 1 aromatic carbocycles. The summed E-state index contributed by atoms with van der Waals surface area (Å²) in [4.78, 5) is 93.2. The SMILES string of the molecule is CCC(C)C(CC(=O)C(CCSC)CC(=S)Cc1ccc(CC2CN(CC(=O)O)CCN(CC(=O)O)CCN2CC(=O)O)cc1)C(=O)CCCN1C(=O)C=CC1=O. The molecule has 14 nitrogen and oxygen atoms in total. The van der Waals surface area contributed by atoms with E-state index in [9.17, 15) is 48.9 Å². The molecule has 2 heterocycles. The van der Waals surface area contributed by atoms with Crippen molar-refractivity contribution in [2.24, 2.45) is 17.8 Å². The highest BCUT2D eigenvalue weighted by molar-refractivity contribution is 7.98. The first kappa shape index (κ1) is 47.5. The Balaban J connectivity index is 1.67. The van der Waals surface area contributed by atoms with Gasteiger partial charge in [-0.05, 0) is 59.6 Å². The van der Waals surface area contributed by atoms with Crippen LogP contribution in [0.4, 0.5) is 0 Å². The minimum atomic E-state index is -1.03. The van der Waals surface area contributed by atoms with Gasteiger partial charge in [0, 0.05) is 88.6 Å². The van der Waals surface area contributed by atoms with E-state index in [4.69, 9.17) is 12.2 Å². The third-order valence-corrected chi connectivity index (χ3v) is 11.8. The molecule has 3 rings (SSSR count). The Kier molecular flexibility index (Phi) is 20.2. The third kappa shape index (κ3) is 16.5. The average Bonchev–Trinajstić information content (AvgIpc) is 3.50. The molecule has 2 aliphatic heterocycles. The molecule has 0 saturated carbocycles. The van der Waals surface area contributed by atoms with Crippen molar-refractivity contribution < 1.29 is 48.9 Å². The second kappa shape index (κ2) is 24.2. The molecule has 1 aromatic rings. The zero-order chi connectivity index (χ0) is 42.1. The molecule has 3 N–H and O–H groups in total. The van der Waals surface area contributed by atoms with Gasteiger partial charge in [0.2, 0.25) is 0 Å². The zero-order valence-electron chi connectivity index (χ0n) is 33.3. The summed E-state index contributed by atoms with van der Waals surface area (Å²) < 4.78 is 0. The first-order valence-corrected chi connectivity index (χ1v) is 21.4. The third-order valence-electron chi connectivity index (χ3n) is 10.8. The smallest absolute Gasteiger partial charge is 0.317 e. The Morgan fingerprint density at radius 3 is 2.00 bits per heavy atom. The number of Topliss-reactive ketones (excluding diaryl/α,β-unsaturated/α-hetero) is 2. The van der Waals surface area contributed by atoms with E-state index in [-0.39, 0.29) is 80.3 Å². The standard InChI is InChI=1S/C41H58N4O10S2/c1-4-28(2)34(35(46)6-5-14-45-37(48)11-12-38(45)49)23-36(47)31(13-19-57-3)22-33(56)21-30-9-7-29(8-10-30)20-32-24-43(26-40(52)53)16-15-42(25-39(50)51)17-18-44(32)27-41(54)55/h7-12,28,31-32,34H,4-6,13-27H2,1-3H3,(H,50,51)(H,52,53)(H,54,55). The van der Waals surface area contributed by atoms with E-state index in [0.717, 1.165) is 33.1 Å². The van der Waals surface area contributed by atoms with Gasteiger partial charge in [-0.2, -0.15) is 11.8 Å². The maximum atomic E-state index is 13.9. The Labute approximate surface area is 345 Å². The number of aliphatic carboxylic acids is 3. The zero-order valence-corrected chi connectivity index (χ0v) is 34.9. The van der Waals surface area contributed by atoms with E-state index in [0.29, 0.717) is 64.8 Å². The number of nitrogens with zero attached hydrogens (tertiary/aromatic N) is 4. The lowest BCUT2D eigenvalue weighted by Gasteiger charge is -2.33. The molecule has 1 fully saturated rings. The summed E-state index contributed by atoms with van der Waals surface area (Å²) in [6.07, 6.45) is 7.75. The van der Waals surface area contributed by atoms with Crippen molar-refractivity contribution in [3.8, 4) is 0 Å². The normalized spacial score (nSPS) is 18.7. The molecule has 4 unspecified atom stereocenters. The van der Waals surface area contributed by atoms with Gasteiger partial charge < -0.3 is 15.3 Å². The Morgan fingerprint density at radius 2 is 1.40 bits per heavy atom. The summed E-state index contributed by atoms with van der Waals surface area (Å²) in [6.45, 7) is 4.95. The van der Waals surface area contributed by atoms with Gasteiger partial charge in [-0.25, -0.2) is 0 Å². The number of amides is 2. The molecule has 314 valence electrons. The molecular weight excluding hydrogens is 773 g/mol. The number of carboxylic acid groups (broad SMARTS) is 3. The number of hydrogen-bond acceptors (Lipinski definition) is 12. The quantitative estimate of drug-likeness (QED) is 0.0960. The van der Waals surface area contributed by atoms with Crippen LogP contribution in [0.25, 0.3) is 0 Å². The topological polar surface area (TPSA) is 193 Å². The number of carbonyl (C=O) groups is 7. The second-order valence-corrected chi connectivity index (χ2v) is 16.7. The van der Waals surface area contributed by atoms with E-state index >= 15 is 0 Å². The van der Waals surface area contributed by atoms with Gasteiger partial charge in [-0.1, -0.05) is 56.8 Å².